The van der Waals surface area contributed by atoms with Crippen LogP contribution in [0.4, 0.5) is 22.7 Å². The van der Waals surface area contributed by atoms with E-state index in [9.17, 15) is 30.3 Å². The highest BCUT2D eigenvalue weighted by Crippen LogP contribution is 2.39. The molecule has 5 saturated carbocycles. The van der Waals surface area contributed by atoms with Crippen LogP contribution in [0.25, 0.3) is 33.8 Å². The van der Waals surface area contributed by atoms with Crippen LogP contribution in [0.2, 0.25) is 5.15 Å². The molecule has 15 rings (SSSR count). The molecule has 30 nitrogen and oxygen atoms in total. The molecule has 97 heavy (non-hydrogen) atoms. The smallest absolute Gasteiger partial charge is 0.474 e. The van der Waals surface area contributed by atoms with Gasteiger partial charge in [0.2, 0.25) is 16.9 Å². The van der Waals surface area contributed by atoms with Crippen LogP contribution in [-0.4, -0.2) is 133 Å². The zero-order valence-electron chi connectivity index (χ0n) is 54.0. The maximum Gasteiger partial charge on any atom is 0.516 e. The van der Waals surface area contributed by atoms with Crippen LogP contribution in [0.5, 0.6) is 23.5 Å². The lowest BCUT2D eigenvalue weighted by Gasteiger charge is -2.32. The van der Waals surface area contributed by atoms with Crippen molar-refractivity contribution in [2.75, 3.05) is 5.73 Å². The van der Waals surface area contributed by atoms with E-state index in [4.69, 9.17) is 50.7 Å². The molecule has 0 atom stereocenters. The van der Waals surface area contributed by atoms with Crippen LogP contribution in [0, 0.1) is 30.3 Å². The number of halogens is 4. The third-order valence-electron chi connectivity index (χ3n) is 14.7. The van der Waals surface area contributed by atoms with Gasteiger partial charge in [0.25, 0.3) is 11.8 Å². The van der Waals surface area contributed by atoms with Crippen molar-refractivity contribution in [3.8, 4) is 57.3 Å². The second-order valence-corrected chi connectivity index (χ2v) is 27.1. The van der Waals surface area contributed by atoms with E-state index in [0.717, 1.165) is 96.8 Å². The third-order valence-corrected chi connectivity index (χ3v) is 16.4. The lowest BCUT2D eigenvalue weighted by Crippen LogP contribution is -2.41. The van der Waals surface area contributed by atoms with Gasteiger partial charge in [-0.15, -0.1) is 0 Å². The van der Waals surface area contributed by atoms with Gasteiger partial charge >= 0.3 is 24.2 Å². The first-order chi connectivity index (χ1) is 46.1. The number of nitro groups is 3. The minimum Gasteiger partial charge on any atom is -0.474 e. The fourth-order valence-corrected chi connectivity index (χ4v) is 9.27. The molecule has 10 heterocycles. The molecule has 0 bridgehead atoms. The summed E-state index contributed by atoms with van der Waals surface area (Å²) in [6.45, 7) is 8.15. The maximum atomic E-state index is 11.1. The Balaban J connectivity index is 0.000000136. The summed E-state index contributed by atoms with van der Waals surface area (Å²) in [6, 6.07) is 15.6. The van der Waals surface area contributed by atoms with Crippen molar-refractivity contribution in [2.45, 2.75) is 134 Å². The van der Waals surface area contributed by atoms with E-state index >= 15 is 0 Å². The average molecular weight is 1550 g/mol. The van der Waals surface area contributed by atoms with Gasteiger partial charge in [-0.05, 0) is 176 Å². The molecular formula is C62H70BBr3ClN17O13. The summed E-state index contributed by atoms with van der Waals surface area (Å²) in [4.78, 5) is 50.5. The van der Waals surface area contributed by atoms with Crippen molar-refractivity contribution in [3.63, 3.8) is 0 Å². The monoisotopic (exact) mass is 1540 g/mol. The summed E-state index contributed by atoms with van der Waals surface area (Å²) < 4.78 is 42.6. The molecule has 35 heteroatoms. The first kappa shape index (κ1) is 72.7. The number of aromatic nitrogens is 13. The number of nitrogens with two attached hydrogens (primary N) is 1. The van der Waals surface area contributed by atoms with E-state index in [0.29, 0.717) is 49.9 Å². The molecule has 0 radical (unpaired) electrons. The Morgan fingerprint density at radius 1 is 0.515 bits per heavy atom. The Kier molecular flexibility index (Phi) is 24.2. The summed E-state index contributed by atoms with van der Waals surface area (Å²) >= 11 is 15.1. The van der Waals surface area contributed by atoms with Crippen molar-refractivity contribution in [3.05, 3.63) is 159 Å². The molecule has 0 amide bonds. The van der Waals surface area contributed by atoms with E-state index in [1.807, 2.05) is 97.8 Å². The molecule has 3 N–H and O–H groups in total. The fraction of sp³-hybridized carbons (Fsp3) is 0.403. The van der Waals surface area contributed by atoms with Crippen LogP contribution in [0.1, 0.15) is 91.9 Å². The van der Waals surface area contributed by atoms with E-state index < -0.39 is 14.8 Å². The molecular weight excluding hydrogens is 1480 g/mol. The standard InChI is InChI=1S/C12H12BrN3O.C12H12N4O3.C12H14N4O.C10H17BN2O2.C8H7BrN2O3.C5H2BrClN2O2.C3H6O/c1-16-5-4-11(15-16)8-6-10(13)12(14-7-8)17-9-2-3-9;1-15-5-4-10(14-15)8-6-11(16(17)18)12(13-7-8)19-9-2-3-9;1-16-5-4-11(15-16)8-6-10(13)12(14-7-8)17-9-2-3-9;1-9(2)10(3,4)15-11(14-9)8-6-7-13(5)12-8;9-5-3-7(11(12)13)8(10-4-5)14-6-1-2-6;6-3-1-4(9(10)11)5(7)8-2-3;4-3-1-2-3/h4-7,9H,2-3H2,1H3;4-7,9H,2-3H2,1H3;4-7,9H,2-3,13H2,1H3;6-7H,1-5H3;3-4,6H,1-2H2;1-2H;3-4H,1-2H2. The second-order valence-electron chi connectivity index (χ2n) is 24.0. The SMILES string of the molecule is Cn1ccc(-c2cnc(OC3CC3)c(Br)c2)n1.Cn1ccc(-c2cnc(OC3CC3)c(N)c2)n1.Cn1ccc(-c2cnc(OC3CC3)c([N+](=O)[O-])c2)n1.Cn1ccc(B2OC(C)(C)C(C)(C)O2)n1.O=[N+]([O-])c1cc(Br)cnc1Cl.O=[N+]([O-])c1cc(Br)cnc1OC1CC1.OC1CC1. The van der Waals surface area contributed by atoms with Crippen molar-refractivity contribution in [1.82, 2.24) is 64.0 Å². The number of nitrogens with zero attached hydrogens (tertiary/aromatic N) is 16. The van der Waals surface area contributed by atoms with Crippen molar-refractivity contribution in [2.24, 2.45) is 28.2 Å². The summed E-state index contributed by atoms with van der Waals surface area (Å²) in [7, 11) is 7.10. The quantitative estimate of drug-likeness (QED) is 0.0416. The van der Waals surface area contributed by atoms with Crippen LogP contribution in [-0.2, 0) is 37.5 Å². The van der Waals surface area contributed by atoms with Gasteiger partial charge in [-0.2, -0.15) is 20.4 Å². The zero-order valence-corrected chi connectivity index (χ0v) is 59.5. The Morgan fingerprint density at radius 2 is 0.866 bits per heavy atom. The molecule has 0 spiro atoms. The van der Waals surface area contributed by atoms with Gasteiger partial charge < -0.3 is 39.1 Å². The number of aliphatic hydroxyl groups excluding tert-OH is 1. The van der Waals surface area contributed by atoms with Crippen molar-refractivity contribution in [1.29, 1.82) is 0 Å². The molecule has 6 fully saturated rings. The molecule has 9 aromatic heterocycles. The summed E-state index contributed by atoms with van der Waals surface area (Å²) in [5, 5.41) is 57.1. The minimum absolute atomic E-state index is 0.0758. The second kappa shape index (κ2) is 32.2. The minimum atomic E-state index is -0.583. The number of nitrogen functional groups attached to an aromatic ring is 1. The summed E-state index contributed by atoms with van der Waals surface area (Å²) in [5.41, 5.74) is 11.3. The molecule has 0 aromatic carbocycles. The van der Waals surface area contributed by atoms with Gasteiger partial charge in [0.15, 0.2) is 0 Å². The number of aryl methyl sites for hydroxylation is 4. The van der Waals surface area contributed by atoms with Crippen LogP contribution >= 0.6 is 59.4 Å². The van der Waals surface area contributed by atoms with Gasteiger partial charge in [-0.25, -0.2) is 24.9 Å². The highest BCUT2D eigenvalue weighted by Gasteiger charge is 2.52. The van der Waals surface area contributed by atoms with E-state index in [-0.39, 0.29) is 70.6 Å². The van der Waals surface area contributed by atoms with E-state index in [1.54, 1.807) is 56.6 Å². The number of pyridine rings is 5. The number of anilines is 1. The lowest BCUT2D eigenvalue weighted by atomic mass is 9.85. The molecule has 1 aliphatic heterocycles. The predicted octanol–water partition coefficient (Wildman–Crippen LogP) is 11.9. The Hall–Kier alpha value is -8.54. The largest absolute Gasteiger partial charge is 0.516 e. The number of rotatable bonds is 15. The summed E-state index contributed by atoms with van der Waals surface area (Å²) in [6.07, 6.45) is 26.7. The molecule has 9 aromatic rings. The van der Waals surface area contributed by atoms with Crippen LogP contribution in [0.3, 0.4) is 0 Å². The zero-order chi connectivity index (χ0) is 69.9. The van der Waals surface area contributed by atoms with Gasteiger partial charge in [0.1, 0.15) is 24.4 Å². The maximum absolute atomic E-state index is 11.1. The Bertz CT molecular complexity index is 4100. The molecule has 0 unspecified atom stereocenters. The number of hydrogen-bond donors (Lipinski definition) is 2. The van der Waals surface area contributed by atoms with Crippen molar-refractivity contribution >= 4 is 94.9 Å². The average Bonchev–Trinajstić information content (AvgIpc) is 1.67. The van der Waals surface area contributed by atoms with Crippen molar-refractivity contribution < 1.29 is 48.1 Å². The molecule has 5 aliphatic carbocycles. The first-order valence-corrected chi connectivity index (χ1v) is 33.3. The van der Waals surface area contributed by atoms with Gasteiger partial charge in [-0.3, -0.25) is 49.1 Å². The fourth-order valence-electron chi connectivity index (χ4n) is 8.02. The molecule has 6 aliphatic rings. The highest BCUT2D eigenvalue weighted by atomic mass is 79.9. The Labute approximate surface area is 587 Å². The van der Waals surface area contributed by atoms with Gasteiger partial charge in [0.05, 0.1) is 64.9 Å². The van der Waals surface area contributed by atoms with Crippen LogP contribution < -0.4 is 30.3 Å². The van der Waals surface area contributed by atoms with E-state index in [1.165, 1.54) is 30.6 Å². The predicted molar refractivity (Wildman–Crippen MR) is 369 cm³/mol. The number of aliphatic hydroxyl groups is 1. The topological polar surface area (TPSA) is 367 Å². The summed E-state index contributed by atoms with van der Waals surface area (Å²) in [5.74, 6) is 1.41. The van der Waals surface area contributed by atoms with Gasteiger partial charge in [0, 0.05) is 128 Å². The van der Waals surface area contributed by atoms with E-state index in [2.05, 4.69) is 93.1 Å². The molecule has 512 valence electrons. The lowest BCUT2D eigenvalue weighted by molar-refractivity contribution is -0.386. The van der Waals surface area contributed by atoms with Gasteiger partial charge in [-0.1, -0.05) is 11.6 Å². The normalized spacial score (nSPS) is 16.0. The highest BCUT2D eigenvalue weighted by molar-refractivity contribution is 9.11. The molecule has 1 saturated heterocycles. The first-order valence-electron chi connectivity index (χ1n) is 30.6. The number of ether oxygens (including phenoxy) is 4. The number of hydrogen-bond acceptors (Lipinski definition) is 23. The third kappa shape index (κ3) is 22.0. The van der Waals surface area contributed by atoms with Crippen LogP contribution in [0.15, 0.2) is 124 Å². The Morgan fingerprint density at radius 3 is 1.24 bits per heavy atom.